The Morgan fingerprint density at radius 3 is 1.58 bits per heavy atom. The summed E-state index contributed by atoms with van der Waals surface area (Å²) in [4.78, 5) is 56.6. The molecular weight excluding hydrogens is 416 g/mol. The van der Waals surface area contributed by atoms with Crippen molar-refractivity contribution in [1.82, 2.24) is 6.15 Å². The fraction of sp³-hybridized carbons (Fsp3) is 1.00. The largest absolute Gasteiger partial charge is 0.775 e. The van der Waals surface area contributed by atoms with Gasteiger partial charge in [0.25, 0.3) is 0 Å². The lowest BCUT2D eigenvalue weighted by Gasteiger charge is -2.40. The first-order valence-electron chi connectivity index (χ1n) is 5.89. The predicted octanol–water partition coefficient (Wildman–Crippen LogP) is -1.06. The van der Waals surface area contributed by atoms with Gasteiger partial charge in [0.15, 0.2) is 26.5 Å². The zero-order valence-electron chi connectivity index (χ0n) is 12.3. The van der Waals surface area contributed by atoms with Gasteiger partial charge in [0.05, 0.1) is 13.2 Å². The summed E-state index contributed by atoms with van der Waals surface area (Å²) in [5.74, 6) is 0. The molecule has 8 N–H and O–H groups in total. The Bertz CT molecular complexity index is 549. The van der Waals surface area contributed by atoms with Crippen LogP contribution in [0.2, 0.25) is 0 Å². The van der Waals surface area contributed by atoms with E-state index in [4.69, 9.17) is 33.5 Å². The molecule has 1 unspecified atom stereocenters. The molecule has 18 heteroatoms. The lowest BCUT2D eigenvalue weighted by Crippen LogP contribution is -2.51. The third kappa shape index (κ3) is 9.28. The summed E-state index contributed by atoms with van der Waals surface area (Å²) in [6.45, 7) is -0.283. The summed E-state index contributed by atoms with van der Waals surface area (Å²) < 4.78 is 54.0. The lowest BCUT2D eigenvalue weighted by atomic mass is 10.7. The van der Waals surface area contributed by atoms with Crippen LogP contribution in [0.3, 0.4) is 0 Å². The van der Waals surface area contributed by atoms with Crippen LogP contribution in [0.15, 0.2) is 0 Å². The van der Waals surface area contributed by atoms with Crippen molar-refractivity contribution in [3.05, 3.63) is 0 Å². The molecule has 1 atom stereocenters. The first-order chi connectivity index (χ1) is 10.0. The highest BCUT2D eigenvalue weighted by Gasteiger charge is 2.49. The van der Waals surface area contributed by atoms with Gasteiger partial charge < -0.3 is 49.1 Å². The third-order valence-electron chi connectivity index (χ3n) is 2.58. The summed E-state index contributed by atoms with van der Waals surface area (Å²) in [6.07, 6.45) is -5.26. The Balaban J connectivity index is 0.00000529. The fourth-order valence-corrected chi connectivity index (χ4v) is 8.41. The fourth-order valence-electron chi connectivity index (χ4n) is 2.27. The maximum atomic E-state index is 12.2. The average molecular weight is 436 g/mol. The SMILES string of the molecule is N.O=P([O-])(O)C[N+](CP(=O)(O)O)(CP(=O)(O)O)CP1(=O)OCCO1. The predicted molar refractivity (Wildman–Crippen MR) is 78.2 cm³/mol. The summed E-state index contributed by atoms with van der Waals surface area (Å²) in [5, 5.41) is 0. The van der Waals surface area contributed by atoms with Crippen molar-refractivity contribution in [2.24, 2.45) is 0 Å². The molecule has 1 aliphatic rings. The average Bonchev–Trinajstić information content (AvgIpc) is 2.53. The molecule has 1 fully saturated rings. The Morgan fingerprint density at radius 2 is 1.29 bits per heavy atom. The number of nitrogens with zero attached hydrogens (tertiary/aromatic N) is 1. The number of hydrogen-bond donors (Lipinski definition) is 6. The summed E-state index contributed by atoms with van der Waals surface area (Å²) in [5.41, 5.74) is 0. The molecule has 1 aliphatic heterocycles. The molecule has 0 spiro atoms. The van der Waals surface area contributed by atoms with Gasteiger partial charge in [-0.25, -0.2) is 0 Å². The monoisotopic (exact) mass is 436 g/mol. The minimum atomic E-state index is -5.24. The molecule has 0 saturated carbocycles. The molecule has 0 radical (unpaired) electrons. The van der Waals surface area contributed by atoms with E-state index >= 15 is 0 Å². The first kappa shape index (κ1) is 24.5. The van der Waals surface area contributed by atoms with Crippen LogP contribution in [-0.4, -0.2) is 67.3 Å². The molecule has 0 aromatic rings. The van der Waals surface area contributed by atoms with E-state index in [2.05, 4.69) is 0 Å². The minimum absolute atomic E-state index is 0. The van der Waals surface area contributed by atoms with Gasteiger partial charge in [-0.3, -0.25) is 18.2 Å². The van der Waals surface area contributed by atoms with Crippen molar-refractivity contribution in [2.75, 3.05) is 38.4 Å². The van der Waals surface area contributed by atoms with Crippen molar-refractivity contribution in [1.29, 1.82) is 0 Å². The second-order valence-electron chi connectivity index (χ2n) is 5.15. The molecule has 24 heavy (non-hydrogen) atoms. The van der Waals surface area contributed by atoms with Crippen LogP contribution in [-0.2, 0) is 27.3 Å². The van der Waals surface area contributed by atoms with Gasteiger partial charge in [0, 0.05) is 0 Å². The standard InChI is InChI=1S/C6H17NO12P4.H3N/c8-20(9,10)3-7(4-21(11,12)13,5-22(14,15)16)6-23(17)18-1-2-19-23;/h1-6H2,(H5-,8,9,10,11,12,13,14,15,16);1H3. The molecule has 146 valence electrons. The van der Waals surface area contributed by atoms with Crippen molar-refractivity contribution in [3.8, 4) is 0 Å². The molecular formula is C6H20N2O12P4. The number of rotatable bonds is 8. The highest BCUT2D eigenvalue weighted by atomic mass is 31.2. The molecule has 14 nitrogen and oxygen atoms in total. The Labute approximate surface area is 137 Å². The van der Waals surface area contributed by atoms with Crippen LogP contribution in [0.1, 0.15) is 0 Å². The van der Waals surface area contributed by atoms with Crippen LogP contribution in [0, 0.1) is 0 Å². The lowest BCUT2D eigenvalue weighted by molar-refractivity contribution is -0.888. The summed E-state index contributed by atoms with van der Waals surface area (Å²) in [6, 6.07) is 0. The first-order valence-corrected chi connectivity index (χ1v) is 13.0. The summed E-state index contributed by atoms with van der Waals surface area (Å²) >= 11 is 0. The molecule has 0 bridgehead atoms. The van der Waals surface area contributed by atoms with E-state index < -0.39 is 60.0 Å². The second-order valence-corrected chi connectivity index (χ2v) is 12.0. The van der Waals surface area contributed by atoms with Crippen LogP contribution >= 0.6 is 30.4 Å². The molecule has 1 rings (SSSR count). The topological polar surface area (TPSA) is 246 Å². The molecule has 0 aromatic carbocycles. The minimum Gasteiger partial charge on any atom is -0.775 e. The van der Waals surface area contributed by atoms with Gasteiger partial charge in [0.1, 0.15) is 6.29 Å². The van der Waals surface area contributed by atoms with Gasteiger partial charge in [-0.05, 0) is 0 Å². The van der Waals surface area contributed by atoms with E-state index in [9.17, 15) is 23.2 Å². The summed E-state index contributed by atoms with van der Waals surface area (Å²) in [7, 11) is -19.3. The van der Waals surface area contributed by atoms with Crippen LogP contribution in [0.25, 0.3) is 0 Å². The van der Waals surface area contributed by atoms with Crippen molar-refractivity contribution >= 4 is 30.4 Å². The quantitative estimate of drug-likeness (QED) is 0.196. The van der Waals surface area contributed by atoms with Crippen molar-refractivity contribution < 1.29 is 61.2 Å². The normalized spacial score (nSPS) is 21.1. The van der Waals surface area contributed by atoms with E-state index in [-0.39, 0.29) is 19.4 Å². The Kier molecular flexibility index (Phi) is 8.21. The van der Waals surface area contributed by atoms with E-state index in [1.165, 1.54) is 0 Å². The van der Waals surface area contributed by atoms with E-state index in [0.717, 1.165) is 0 Å². The molecule has 0 amide bonds. The highest BCUT2D eigenvalue weighted by Crippen LogP contribution is 2.58. The van der Waals surface area contributed by atoms with E-state index in [1.807, 2.05) is 0 Å². The molecule has 0 aliphatic carbocycles. The van der Waals surface area contributed by atoms with E-state index in [0.29, 0.717) is 0 Å². The van der Waals surface area contributed by atoms with Crippen LogP contribution in [0.5, 0.6) is 0 Å². The van der Waals surface area contributed by atoms with Crippen molar-refractivity contribution in [2.45, 2.75) is 0 Å². The van der Waals surface area contributed by atoms with Gasteiger partial charge >= 0.3 is 22.8 Å². The smallest absolute Gasteiger partial charge is 0.384 e. The Morgan fingerprint density at radius 1 is 0.917 bits per heavy atom. The molecule has 1 heterocycles. The van der Waals surface area contributed by atoms with Gasteiger partial charge in [-0.1, -0.05) is 0 Å². The second kappa shape index (κ2) is 8.04. The zero-order valence-corrected chi connectivity index (χ0v) is 15.9. The van der Waals surface area contributed by atoms with Crippen LogP contribution in [0.4, 0.5) is 0 Å². The zero-order chi connectivity index (χ0) is 18.2. The highest BCUT2D eigenvalue weighted by molar-refractivity contribution is 7.54. The number of hydrogen-bond acceptors (Lipinski definition) is 8. The maximum absolute atomic E-state index is 12.2. The number of quaternary nitrogens is 1. The van der Waals surface area contributed by atoms with Crippen molar-refractivity contribution in [3.63, 3.8) is 0 Å². The van der Waals surface area contributed by atoms with Gasteiger partial charge in [-0.15, -0.1) is 0 Å². The Hall–Kier alpha value is 0.520. The maximum Gasteiger partial charge on any atom is 0.384 e. The van der Waals surface area contributed by atoms with Gasteiger partial charge in [0.2, 0.25) is 0 Å². The molecule has 1 saturated heterocycles. The third-order valence-corrected chi connectivity index (χ3v) is 7.57. The van der Waals surface area contributed by atoms with Crippen LogP contribution < -0.4 is 11.0 Å². The van der Waals surface area contributed by atoms with E-state index in [1.54, 1.807) is 0 Å². The van der Waals surface area contributed by atoms with Gasteiger partial charge in [-0.2, -0.15) is 0 Å². The molecule has 0 aromatic heterocycles.